The second-order valence-electron chi connectivity index (χ2n) is 6.48. The molecule has 3 aromatic rings. The van der Waals surface area contributed by atoms with Gasteiger partial charge >= 0.3 is 0 Å². The van der Waals surface area contributed by atoms with Crippen molar-refractivity contribution < 1.29 is 9.53 Å². The molecule has 1 aliphatic rings. The number of hydrogen-bond donors (Lipinski definition) is 0. The molecule has 0 bridgehead atoms. The summed E-state index contributed by atoms with van der Waals surface area (Å²) in [5, 5.41) is 0. The molecule has 6 heteroatoms. The van der Waals surface area contributed by atoms with Gasteiger partial charge in [0.2, 0.25) is 5.91 Å². The number of rotatable bonds is 6. The number of likely N-dealkylation sites (tertiary alicyclic amines) is 1. The van der Waals surface area contributed by atoms with Gasteiger partial charge in [-0.2, -0.15) is 0 Å². The molecule has 140 valence electrons. The molecule has 0 spiro atoms. The van der Waals surface area contributed by atoms with Crippen molar-refractivity contribution in [3.63, 3.8) is 0 Å². The summed E-state index contributed by atoms with van der Waals surface area (Å²) in [7, 11) is 0. The van der Waals surface area contributed by atoms with Gasteiger partial charge in [-0.3, -0.25) is 4.79 Å². The summed E-state index contributed by atoms with van der Waals surface area (Å²) in [6, 6.07) is 16.4. The number of thiazole rings is 1. The molecule has 1 amide bonds. The van der Waals surface area contributed by atoms with Gasteiger partial charge in [0.15, 0.2) is 4.34 Å². The molecule has 4 rings (SSSR count). The number of benzene rings is 2. The predicted octanol–water partition coefficient (Wildman–Crippen LogP) is 5.15. The Bertz CT molecular complexity index is 890. The maximum atomic E-state index is 12.8. The van der Waals surface area contributed by atoms with E-state index in [4.69, 9.17) is 4.74 Å². The number of fused-ring (bicyclic) bond motifs is 1. The quantitative estimate of drug-likeness (QED) is 0.539. The lowest BCUT2D eigenvalue weighted by Crippen LogP contribution is -2.31. The number of thioether (sulfide) groups is 1. The first-order chi connectivity index (χ1) is 13.2. The van der Waals surface area contributed by atoms with Crippen molar-refractivity contribution >= 4 is 39.2 Å². The van der Waals surface area contributed by atoms with Gasteiger partial charge in [0.1, 0.15) is 5.75 Å². The molecule has 1 aliphatic heterocycles. The highest BCUT2D eigenvalue weighted by Gasteiger charge is 2.29. The zero-order valence-electron chi connectivity index (χ0n) is 15.3. The van der Waals surface area contributed by atoms with E-state index < -0.39 is 0 Å². The van der Waals surface area contributed by atoms with Gasteiger partial charge in [-0.1, -0.05) is 36.0 Å². The van der Waals surface area contributed by atoms with Gasteiger partial charge in [-0.05, 0) is 49.6 Å². The third kappa shape index (κ3) is 4.12. The van der Waals surface area contributed by atoms with Gasteiger partial charge in [0.25, 0.3) is 0 Å². The SMILES string of the molecule is CCOc1ccc(C2CCCN2C(=O)CSc2nc3ccccc3s2)cc1. The van der Waals surface area contributed by atoms with E-state index in [0.717, 1.165) is 35.0 Å². The number of hydrogen-bond acceptors (Lipinski definition) is 5. The topological polar surface area (TPSA) is 42.4 Å². The molecule has 0 saturated carbocycles. The van der Waals surface area contributed by atoms with Crippen LogP contribution in [0.1, 0.15) is 31.4 Å². The summed E-state index contributed by atoms with van der Waals surface area (Å²) in [6.07, 6.45) is 2.07. The zero-order chi connectivity index (χ0) is 18.6. The molecular formula is C21H22N2O2S2. The smallest absolute Gasteiger partial charge is 0.233 e. The molecular weight excluding hydrogens is 376 g/mol. The van der Waals surface area contributed by atoms with E-state index in [-0.39, 0.29) is 11.9 Å². The van der Waals surface area contributed by atoms with E-state index in [9.17, 15) is 4.79 Å². The zero-order valence-corrected chi connectivity index (χ0v) is 16.9. The summed E-state index contributed by atoms with van der Waals surface area (Å²) in [6.45, 7) is 3.47. The number of aromatic nitrogens is 1. The number of carbonyl (C=O) groups excluding carboxylic acids is 1. The molecule has 2 heterocycles. The maximum Gasteiger partial charge on any atom is 0.233 e. The van der Waals surface area contributed by atoms with Crippen molar-refractivity contribution in [3.8, 4) is 5.75 Å². The molecule has 1 aromatic heterocycles. The second kappa shape index (κ2) is 8.31. The molecule has 4 nitrogen and oxygen atoms in total. The summed E-state index contributed by atoms with van der Waals surface area (Å²) in [5.41, 5.74) is 2.19. The van der Waals surface area contributed by atoms with Gasteiger partial charge in [0, 0.05) is 6.54 Å². The number of para-hydroxylation sites is 1. The Kier molecular flexibility index (Phi) is 5.64. The number of ether oxygens (including phenoxy) is 1. The Balaban J connectivity index is 1.41. The Morgan fingerprint density at radius 1 is 1.26 bits per heavy atom. The first-order valence-corrected chi connectivity index (χ1v) is 11.1. The highest BCUT2D eigenvalue weighted by molar-refractivity contribution is 8.01. The van der Waals surface area contributed by atoms with Crippen molar-refractivity contribution in [1.29, 1.82) is 0 Å². The van der Waals surface area contributed by atoms with Crippen LogP contribution in [-0.4, -0.2) is 34.7 Å². The third-order valence-electron chi connectivity index (χ3n) is 4.74. The first-order valence-electron chi connectivity index (χ1n) is 9.25. The Morgan fingerprint density at radius 3 is 2.85 bits per heavy atom. The van der Waals surface area contributed by atoms with Gasteiger partial charge in [-0.25, -0.2) is 4.98 Å². The van der Waals surface area contributed by atoms with Crippen LogP contribution in [0.15, 0.2) is 52.9 Å². The standard InChI is InChI=1S/C21H22N2O2S2/c1-2-25-16-11-9-15(10-12-16)18-7-5-13-23(18)20(24)14-26-21-22-17-6-3-4-8-19(17)27-21/h3-4,6,8-12,18H,2,5,7,13-14H2,1H3. The minimum absolute atomic E-state index is 0.171. The first kappa shape index (κ1) is 18.3. The van der Waals surface area contributed by atoms with E-state index in [1.807, 2.05) is 42.2 Å². The van der Waals surface area contributed by atoms with Crippen molar-refractivity contribution in [3.05, 3.63) is 54.1 Å². The monoisotopic (exact) mass is 398 g/mol. The van der Waals surface area contributed by atoms with E-state index in [0.29, 0.717) is 12.4 Å². The lowest BCUT2D eigenvalue weighted by molar-refractivity contribution is -0.129. The fourth-order valence-electron chi connectivity index (χ4n) is 3.48. The largest absolute Gasteiger partial charge is 0.494 e. The van der Waals surface area contributed by atoms with Crippen molar-refractivity contribution in [2.24, 2.45) is 0 Å². The lowest BCUT2D eigenvalue weighted by atomic mass is 10.0. The van der Waals surface area contributed by atoms with Gasteiger partial charge < -0.3 is 9.64 Å². The summed E-state index contributed by atoms with van der Waals surface area (Å²) in [5.74, 6) is 1.51. The molecule has 1 unspecified atom stereocenters. The molecule has 1 atom stereocenters. The van der Waals surface area contributed by atoms with Crippen molar-refractivity contribution in [1.82, 2.24) is 9.88 Å². The second-order valence-corrected chi connectivity index (χ2v) is 8.74. The molecule has 0 N–H and O–H groups in total. The average Bonchev–Trinajstić information content (AvgIpc) is 3.34. The highest BCUT2D eigenvalue weighted by atomic mass is 32.2. The predicted molar refractivity (Wildman–Crippen MR) is 112 cm³/mol. The van der Waals surface area contributed by atoms with Crippen molar-refractivity contribution in [2.75, 3.05) is 18.9 Å². The lowest BCUT2D eigenvalue weighted by Gasteiger charge is -2.25. The summed E-state index contributed by atoms with van der Waals surface area (Å²) < 4.78 is 7.65. The van der Waals surface area contributed by atoms with Crippen LogP contribution >= 0.6 is 23.1 Å². The van der Waals surface area contributed by atoms with Crippen LogP contribution in [0.5, 0.6) is 5.75 Å². The van der Waals surface area contributed by atoms with Crippen LogP contribution in [0.4, 0.5) is 0 Å². The van der Waals surface area contributed by atoms with Crippen LogP contribution in [0.25, 0.3) is 10.2 Å². The molecule has 0 aliphatic carbocycles. The Morgan fingerprint density at radius 2 is 2.07 bits per heavy atom. The van der Waals surface area contributed by atoms with Crippen LogP contribution in [0.3, 0.4) is 0 Å². The molecule has 2 aromatic carbocycles. The van der Waals surface area contributed by atoms with Gasteiger partial charge in [-0.15, -0.1) is 11.3 Å². The van der Waals surface area contributed by atoms with Crippen LogP contribution < -0.4 is 4.74 Å². The minimum atomic E-state index is 0.171. The number of nitrogens with zero attached hydrogens (tertiary/aromatic N) is 2. The van der Waals surface area contributed by atoms with Crippen LogP contribution in [0.2, 0.25) is 0 Å². The van der Waals surface area contributed by atoms with E-state index in [2.05, 4.69) is 23.2 Å². The van der Waals surface area contributed by atoms with Gasteiger partial charge in [0.05, 0.1) is 28.6 Å². The molecule has 1 saturated heterocycles. The minimum Gasteiger partial charge on any atom is -0.494 e. The van der Waals surface area contributed by atoms with E-state index >= 15 is 0 Å². The maximum absolute atomic E-state index is 12.8. The molecule has 0 radical (unpaired) electrons. The fourth-order valence-corrected chi connectivity index (χ4v) is 5.44. The van der Waals surface area contributed by atoms with E-state index in [1.54, 1.807) is 23.1 Å². The summed E-state index contributed by atoms with van der Waals surface area (Å²) in [4.78, 5) is 19.5. The Labute approximate surface area is 167 Å². The molecule has 1 fully saturated rings. The summed E-state index contributed by atoms with van der Waals surface area (Å²) >= 11 is 3.20. The normalized spacial score (nSPS) is 16.8. The molecule has 27 heavy (non-hydrogen) atoms. The number of amides is 1. The van der Waals surface area contributed by atoms with E-state index in [1.165, 1.54) is 10.3 Å². The Hall–Kier alpha value is -2.05. The van der Waals surface area contributed by atoms with Crippen LogP contribution in [0, 0.1) is 0 Å². The average molecular weight is 399 g/mol. The van der Waals surface area contributed by atoms with Crippen molar-refractivity contribution in [2.45, 2.75) is 30.1 Å². The van der Waals surface area contributed by atoms with Crippen LogP contribution in [-0.2, 0) is 4.79 Å². The number of carbonyl (C=O) groups is 1. The highest BCUT2D eigenvalue weighted by Crippen LogP contribution is 2.35. The third-order valence-corrected chi connectivity index (χ3v) is 6.91. The fraction of sp³-hybridized carbons (Fsp3) is 0.333.